The summed E-state index contributed by atoms with van der Waals surface area (Å²) >= 11 is 0. The number of piperidine rings is 1. The third-order valence-corrected chi connectivity index (χ3v) is 4.62. The molecular formula is C13H22N2O. The third kappa shape index (κ3) is 2.10. The van der Waals surface area contributed by atoms with Gasteiger partial charge < -0.3 is 10.6 Å². The van der Waals surface area contributed by atoms with Gasteiger partial charge in [-0.1, -0.05) is 0 Å². The van der Waals surface area contributed by atoms with Crippen molar-refractivity contribution in [2.75, 3.05) is 19.6 Å². The molecule has 1 atom stereocenters. The van der Waals surface area contributed by atoms with Gasteiger partial charge >= 0.3 is 0 Å². The molecule has 3 heteroatoms. The van der Waals surface area contributed by atoms with E-state index in [1.807, 2.05) is 0 Å². The monoisotopic (exact) mass is 222 g/mol. The summed E-state index contributed by atoms with van der Waals surface area (Å²) in [5.41, 5.74) is 0.539. The number of hydrogen-bond acceptors (Lipinski definition) is 2. The Kier molecular flexibility index (Phi) is 2.66. The van der Waals surface area contributed by atoms with E-state index in [0.29, 0.717) is 11.3 Å². The van der Waals surface area contributed by atoms with Crippen LogP contribution in [-0.4, -0.2) is 25.5 Å². The van der Waals surface area contributed by atoms with Crippen molar-refractivity contribution in [2.45, 2.75) is 38.5 Å². The van der Waals surface area contributed by atoms with Crippen molar-refractivity contribution in [3.63, 3.8) is 0 Å². The topological polar surface area (TPSA) is 41.1 Å². The Hall–Kier alpha value is -0.570. The molecule has 3 nitrogen and oxygen atoms in total. The van der Waals surface area contributed by atoms with Crippen molar-refractivity contribution in [3.8, 4) is 0 Å². The largest absolute Gasteiger partial charge is 0.355 e. The van der Waals surface area contributed by atoms with Gasteiger partial charge in [-0.05, 0) is 56.4 Å². The first-order chi connectivity index (χ1) is 7.80. The first-order valence-electron chi connectivity index (χ1n) is 6.79. The van der Waals surface area contributed by atoms with Gasteiger partial charge in [0, 0.05) is 13.1 Å². The molecule has 0 aromatic rings. The van der Waals surface area contributed by atoms with Gasteiger partial charge in [-0.2, -0.15) is 0 Å². The molecule has 3 rings (SSSR count). The van der Waals surface area contributed by atoms with Crippen molar-refractivity contribution in [1.29, 1.82) is 0 Å². The van der Waals surface area contributed by atoms with Crippen molar-refractivity contribution < 1.29 is 4.79 Å². The van der Waals surface area contributed by atoms with Crippen LogP contribution in [0.2, 0.25) is 0 Å². The average Bonchev–Trinajstić information content (AvgIpc) is 3.17. The Morgan fingerprint density at radius 2 is 2.12 bits per heavy atom. The number of carbonyl (C=O) groups excluding carboxylic acids is 1. The maximum Gasteiger partial charge on any atom is 0.224 e. The van der Waals surface area contributed by atoms with Crippen LogP contribution in [0.4, 0.5) is 0 Å². The highest BCUT2D eigenvalue weighted by molar-refractivity contribution is 5.79. The molecule has 1 heterocycles. The van der Waals surface area contributed by atoms with Crippen LogP contribution in [0, 0.1) is 17.3 Å². The summed E-state index contributed by atoms with van der Waals surface area (Å²) in [6.07, 6.45) is 7.71. The van der Waals surface area contributed by atoms with Gasteiger partial charge in [-0.3, -0.25) is 4.79 Å². The fourth-order valence-corrected chi connectivity index (χ4v) is 3.07. The molecule has 3 aliphatic rings. The minimum Gasteiger partial charge on any atom is -0.355 e. The van der Waals surface area contributed by atoms with Crippen LogP contribution in [0.25, 0.3) is 0 Å². The first kappa shape index (κ1) is 10.6. The molecule has 0 aromatic carbocycles. The van der Waals surface area contributed by atoms with E-state index in [1.54, 1.807) is 0 Å². The predicted octanol–water partition coefficient (Wildman–Crippen LogP) is 1.29. The van der Waals surface area contributed by atoms with Gasteiger partial charge in [0.05, 0.1) is 5.92 Å². The maximum absolute atomic E-state index is 12.0. The molecule has 0 radical (unpaired) electrons. The van der Waals surface area contributed by atoms with E-state index in [-0.39, 0.29) is 5.92 Å². The summed E-state index contributed by atoms with van der Waals surface area (Å²) in [6.45, 7) is 2.91. The lowest BCUT2D eigenvalue weighted by Gasteiger charge is -2.23. The molecule has 1 saturated heterocycles. The molecule has 0 spiro atoms. The Balaban J connectivity index is 1.45. The second-order valence-corrected chi connectivity index (χ2v) is 5.90. The van der Waals surface area contributed by atoms with Crippen molar-refractivity contribution in [1.82, 2.24) is 10.6 Å². The van der Waals surface area contributed by atoms with Gasteiger partial charge in [0.15, 0.2) is 0 Å². The molecule has 2 aliphatic carbocycles. The normalized spacial score (nSPS) is 32.1. The van der Waals surface area contributed by atoms with Gasteiger partial charge in [-0.15, -0.1) is 0 Å². The summed E-state index contributed by atoms with van der Waals surface area (Å²) in [5.74, 6) is 1.46. The minimum atomic E-state index is 0.226. The quantitative estimate of drug-likeness (QED) is 0.752. The first-order valence-corrected chi connectivity index (χ1v) is 6.79. The Labute approximate surface area is 97.4 Å². The number of nitrogens with one attached hydrogen (secondary N) is 2. The summed E-state index contributed by atoms with van der Waals surface area (Å²) in [4.78, 5) is 12.0. The number of hydrogen-bond donors (Lipinski definition) is 2. The van der Waals surface area contributed by atoms with Gasteiger partial charge in [-0.25, -0.2) is 0 Å². The zero-order chi connectivity index (χ0) is 11.0. The molecule has 0 unspecified atom stereocenters. The highest BCUT2D eigenvalue weighted by atomic mass is 16.1. The standard InChI is InChI=1S/C13H22N2O/c16-12(10-2-1-7-14-8-10)15-9-13(5-6-13)11-3-4-11/h10-11,14H,1-9H2,(H,15,16)/t10-/m1/s1. The molecule has 1 amide bonds. The molecule has 2 N–H and O–H groups in total. The van der Waals surface area contributed by atoms with E-state index in [4.69, 9.17) is 0 Å². The van der Waals surface area contributed by atoms with E-state index >= 15 is 0 Å². The molecule has 2 saturated carbocycles. The van der Waals surface area contributed by atoms with E-state index in [9.17, 15) is 4.79 Å². The lowest BCUT2D eigenvalue weighted by Crippen LogP contribution is -2.42. The molecule has 1 aliphatic heterocycles. The van der Waals surface area contributed by atoms with Crippen LogP contribution in [-0.2, 0) is 4.79 Å². The minimum absolute atomic E-state index is 0.226. The Morgan fingerprint density at radius 3 is 2.69 bits per heavy atom. The van der Waals surface area contributed by atoms with Gasteiger partial charge in [0.2, 0.25) is 5.91 Å². The van der Waals surface area contributed by atoms with Gasteiger partial charge in [0.1, 0.15) is 0 Å². The molecule has 0 aromatic heterocycles. The number of amides is 1. The second kappa shape index (κ2) is 4.02. The van der Waals surface area contributed by atoms with E-state index in [0.717, 1.165) is 38.4 Å². The lowest BCUT2D eigenvalue weighted by molar-refractivity contribution is -0.125. The van der Waals surface area contributed by atoms with E-state index in [1.165, 1.54) is 25.7 Å². The van der Waals surface area contributed by atoms with E-state index in [2.05, 4.69) is 10.6 Å². The highest BCUT2D eigenvalue weighted by Gasteiger charge is 2.53. The van der Waals surface area contributed by atoms with Crippen molar-refractivity contribution >= 4 is 5.91 Å². The Bertz CT molecular complexity index is 276. The zero-order valence-electron chi connectivity index (χ0n) is 9.93. The number of rotatable bonds is 4. The number of carbonyl (C=O) groups is 1. The maximum atomic E-state index is 12.0. The van der Waals surface area contributed by atoms with Crippen LogP contribution in [0.5, 0.6) is 0 Å². The second-order valence-electron chi connectivity index (χ2n) is 5.90. The SMILES string of the molecule is O=C(NCC1(C2CC2)CC1)[C@@H]1CCCNC1. The summed E-state index contributed by atoms with van der Waals surface area (Å²) in [6, 6.07) is 0. The average molecular weight is 222 g/mol. The smallest absolute Gasteiger partial charge is 0.224 e. The molecule has 3 fully saturated rings. The van der Waals surface area contributed by atoms with Gasteiger partial charge in [0.25, 0.3) is 0 Å². The summed E-state index contributed by atoms with van der Waals surface area (Å²) in [7, 11) is 0. The lowest BCUT2D eigenvalue weighted by atomic mass is 9.97. The van der Waals surface area contributed by atoms with Crippen LogP contribution in [0.15, 0.2) is 0 Å². The molecule has 16 heavy (non-hydrogen) atoms. The van der Waals surface area contributed by atoms with Crippen LogP contribution in [0.3, 0.4) is 0 Å². The Morgan fingerprint density at radius 1 is 1.31 bits per heavy atom. The van der Waals surface area contributed by atoms with E-state index < -0.39 is 0 Å². The summed E-state index contributed by atoms with van der Waals surface area (Å²) in [5, 5.41) is 6.50. The zero-order valence-corrected chi connectivity index (χ0v) is 9.93. The van der Waals surface area contributed by atoms with Crippen molar-refractivity contribution in [3.05, 3.63) is 0 Å². The molecule has 0 bridgehead atoms. The third-order valence-electron chi connectivity index (χ3n) is 4.62. The van der Waals surface area contributed by atoms with Crippen LogP contribution < -0.4 is 10.6 Å². The highest BCUT2D eigenvalue weighted by Crippen LogP contribution is 2.60. The predicted molar refractivity (Wildman–Crippen MR) is 63.0 cm³/mol. The van der Waals surface area contributed by atoms with Crippen molar-refractivity contribution in [2.24, 2.45) is 17.3 Å². The summed E-state index contributed by atoms with van der Waals surface area (Å²) < 4.78 is 0. The molecule has 90 valence electrons. The molecular weight excluding hydrogens is 200 g/mol. The fraction of sp³-hybridized carbons (Fsp3) is 0.923. The van der Waals surface area contributed by atoms with Crippen LogP contribution >= 0.6 is 0 Å². The fourth-order valence-electron chi connectivity index (χ4n) is 3.07. The van der Waals surface area contributed by atoms with Crippen LogP contribution in [0.1, 0.15) is 38.5 Å².